The lowest BCUT2D eigenvalue weighted by molar-refractivity contribution is 0.0939. The van der Waals surface area contributed by atoms with Gasteiger partial charge in [-0.05, 0) is 20.1 Å². The molecule has 2 N–H and O–H groups in total. The van der Waals surface area contributed by atoms with Crippen LogP contribution in [0.4, 0.5) is 0 Å². The number of hydrogen-bond donors (Lipinski definition) is 2. The lowest BCUT2D eigenvalue weighted by Gasteiger charge is -2.20. The van der Waals surface area contributed by atoms with Crippen LogP contribution in [0.5, 0.6) is 0 Å². The van der Waals surface area contributed by atoms with E-state index in [2.05, 4.69) is 10.3 Å². The van der Waals surface area contributed by atoms with Crippen LogP contribution in [0.1, 0.15) is 22.3 Å². The minimum atomic E-state index is -0.111. The van der Waals surface area contributed by atoms with Crippen molar-refractivity contribution in [2.75, 3.05) is 12.9 Å². The zero-order valence-electron chi connectivity index (χ0n) is 9.56. The first-order valence-corrected chi connectivity index (χ1v) is 7.11. The van der Waals surface area contributed by atoms with Crippen LogP contribution in [0.3, 0.4) is 0 Å². The second-order valence-electron chi connectivity index (χ2n) is 3.49. The first kappa shape index (κ1) is 13.5. The van der Waals surface area contributed by atoms with Crippen LogP contribution in [-0.4, -0.2) is 40.2 Å². The number of hydrogen-bond acceptors (Lipinski definition) is 5. The molecule has 90 valence electrons. The molecule has 0 aliphatic heterocycles. The van der Waals surface area contributed by atoms with Gasteiger partial charge < -0.3 is 10.4 Å². The molecule has 1 aromatic heterocycles. The van der Waals surface area contributed by atoms with E-state index in [1.165, 1.54) is 11.3 Å². The Morgan fingerprint density at radius 2 is 2.44 bits per heavy atom. The van der Waals surface area contributed by atoms with Gasteiger partial charge in [-0.2, -0.15) is 11.8 Å². The zero-order chi connectivity index (χ0) is 12.1. The number of amides is 1. The van der Waals surface area contributed by atoms with Gasteiger partial charge in [0.1, 0.15) is 4.88 Å². The number of aromatic nitrogens is 1. The Labute approximate surface area is 103 Å². The maximum absolute atomic E-state index is 11.8. The van der Waals surface area contributed by atoms with Gasteiger partial charge in [0.15, 0.2) is 0 Å². The fourth-order valence-corrected chi connectivity index (χ4v) is 2.65. The van der Waals surface area contributed by atoms with Gasteiger partial charge in [0, 0.05) is 11.3 Å². The topological polar surface area (TPSA) is 62.2 Å². The zero-order valence-corrected chi connectivity index (χ0v) is 11.2. The summed E-state index contributed by atoms with van der Waals surface area (Å²) in [5.41, 5.74) is 2.41. The second-order valence-corrected chi connectivity index (χ2v) is 5.42. The maximum Gasteiger partial charge on any atom is 0.263 e. The van der Waals surface area contributed by atoms with Crippen molar-refractivity contribution in [1.82, 2.24) is 10.3 Å². The van der Waals surface area contributed by atoms with Gasteiger partial charge in [0.2, 0.25) is 0 Å². The maximum atomic E-state index is 11.8. The molecule has 0 saturated carbocycles. The normalized spacial score (nSPS) is 14.5. The van der Waals surface area contributed by atoms with Crippen LogP contribution in [0.25, 0.3) is 0 Å². The monoisotopic (exact) mass is 260 g/mol. The standard InChI is InChI=1S/C10H16N2O2S2/c1-6(8(4-13)15-3)12-10(14)9-7(2)11-5-16-9/h5-6,8,13H,4H2,1-3H3,(H,12,14). The van der Waals surface area contributed by atoms with E-state index in [0.717, 1.165) is 5.69 Å². The third-order valence-electron chi connectivity index (χ3n) is 2.35. The lowest BCUT2D eigenvalue weighted by Crippen LogP contribution is -2.41. The fourth-order valence-electron chi connectivity index (χ4n) is 1.32. The van der Waals surface area contributed by atoms with Gasteiger partial charge in [-0.25, -0.2) is 4.98 Å². The highest BCUT2D eigenvalue weighted by Crippen LogP contribution is 2.14. The Balaban J connectivity index is 2.61. The highest BCUT2D eigenvalue weighted by molar-refractivity contribution is 7.99. The Kier molecular flexibility index (Phi) is 5.24. The summed E-state index contributed by atoms with van der Waals surface area (Å²) in [6, 6.07) is -0.0611. The summed E-state index contributed by atoms with van der Waals surface area (Å²) in [4.78, 5) is 16.5. The lowest BCUT2D eigenvalue weighted by atomic mass is 10.2. The Morgan fingerprint density at radius 1 is 1.75 bits per heavy atom. The largest absolute Gasteiger partial charge is 0.395 e. The molecule has 2 unspecified atom stereocenters. The van der Waals surface area contributed by atoms with Gasteiger partial charge in [-0.3, -0.25) is 4.79 Å². The van der Waals surface area contributed by atoms with Crippen molar-refractivity contribution in [3.63, 3.8) is 0 Å². The summed E-state index contributed by atoms with van der Waals surface area (Å²) < 4.78 is 0. The van der Waals surface area contributed by atoms with Crippen molar-refractivity contribution < 1.29 is 9.90 Å². The van der Waals surface area contributed by atoms with Crippen molar-refractivity contribution in [2.24, 2.45) is 0 Å². The highest BCUT2D eigenvalue weighted by Gasteiger charge is 2.19. The third-order valence-corrected chi connectivity index (χ3v) is 4.44. The molecule has 16 heavy (non-hydrogen) atoms. The smallest absolute Gasteiger partial charge is 0.263 e. The molecular weight excluding hydrogens is 244 g/mol. The third kappa shape index (κ3) is 3.20. The van der Waals surface area contributed by atoms with Crippen molar-refractivity contribution in [1.29, 1.82) is 0 Å². The molecule has 0 aliphatic carbocycles. The second kappa shape index (κ2) is 6.22. The van der Waals surface area contributed by atoms with Crippen molar-refractivity contribution in [3.05, 3.63) is 16.1 Å². The SMILES string of the molecule is CSC(CO)C(C)NC(=O)c1scnc1C. The molecule has 1 amide bonds. The Hall–Kier alpha value is -0.590. The van der Waals surface area contributed by atoms with E-state index < -0.39 is 0 Å². The molecule has 1 rings (SSSR count). The number of rotatable bonds is 5. The average molecular weight is 260 g/mol. The molecule has 0 fully saturated rings. The minimum absolute atomic E-state index is 0.0252. The van der Waals surface area contributed by atoms with Gasteiger partial charge in [-0.15, -0.1) is 11.3 Å². The summed E-state index contributed by atoms with van der Waals surface area (Å²) in [5, 5.41) is 12.0. The molecule has 0 radical (unpaired) electrons. The predicted molar refractivity (Wildman–Crippen MR) is 68.2 cm³/mol. The summed E-state index contributed by atoms with van der Waals surface area (Å²) in [6.07, 6.45) is 1.92. The molecular formula is C10H16N2O2S2. The van der Waals surface area contributed by atoms with Crippen molar-refractivity contribution in [2.45, 2.75) is 25.1 Å². The molecule has 4 nitrogen and oxygen atoms in total. The minimum Gasteiger partial charge on any atom is -0.395 e. The number of aryl methyl sites for hydroxylation is 1. The number of carbonyl (C=O) groups is 1. The number of nitrogens with zero attached hydrogens (tertiary/aromatic N) is 1. The fraction of sp³-hybridized carbons (Fsp3) is 0.600. The van der Waals surface area contributed by atoms with E-state index in [9.17, 15) is 4.79 Å². The number of thiazole rings is 1. The van der Waals surface area contributed by atoms with Crippen molar-refractivity contribution >= 4 is 29.0 Å². The van der Waals surface area contributed by atoms with Crippen LogP contribution in [0.2, 0.25) is 0 Å². The quantitative estimate of drug-likeness (QED) is 0.837. The van der Waals surface area contributed by atoms with Crippen LogP contribution in [0, 0.1) is 6.92 Å². The Morgan fingerprint density at radius 3 is 2.88 bits per heavy atom. The molecule has 1 aromatic rings. The molecule has 2 atom stereocenters. The van der Waals surface area contributed by atoms with E-state index in [4.69, 9.17) is 5.11 Å². The van der Waals surface area contributed by atoms with Crippen LogP contribution in [0.15, 0.2) is 5.51 Å². The summed E-state index contributed by atoms with van der Waals surface area (Å²) in [6.45, 7) is 3.77. The molecule has 6 heteroatoms. The number of thioether (sulfide) groups is 1. The van der Waals surface area contributed by atoms with Crippen LogP contribution >= 0.6 is 23.1 Å². The Bertz CT molecular complexity index is 350. The highest BCUT2D eigenvalue weighted by atomic mass is 32.2. The number of aliphatic hydroxyl groups excluding tert-OH is 1. The predicted octanol–water partition coefficient (Wildman–Crippen LogP) is 1.29. The molecule has 1 heterocycles. The first-order valence-electron chi connectivity index (χ1n) is 4.94. The molecule has 0 aliphatic rings. The summed E-state index contributed by atoms with van der Waals surface area (Å²) in [5.74, 6) is -0.111. The van der Waals surface area contributed by atoms with Crippen LogP contribution in [-0.2, 0) is 0 Å². The molecule has 0 spiro atoms. The van der Waals surface area contributed by atoms with Crippen molar-refractivity contribution in [3.8, 4) is 0 Å². The first-order chi connectivity index (χ1) is 7.60. The van der Waals surface area contributed by atoms with E-state index in [0.29, 0.717) is 4.88 Å². The summed E-state index contributed by atoms with van der Waals surface area (Å²) >= 11 is 2.88. The number of carbonyl (C=O) groups excluding carboxylic acids is 1. The van der Waals surface area contributed by atoms with E-state index in [-0.39, 0.29) is 23.8 Å². The van der Waals surface area contributed by atoms with Gasteiger partial charge in [0.05, 0.1) is 17.8 Å². The van der Waals surface area contributed by atoms with Crippen LogP contribution < -0.4 is 5.32 Å². The van der Waals surface area contributed by atoms with E-state index >= 15 is 0 Å². The average Bonchev–Trinajstić information content (AvgIpc) is 2.66. The summed E-state index contributed by atoms with van der Waals surface area (Å²) in [7, 11) is 0. The number of aliphatic hydroxyl groups is 1. The number of nitrogens with one attached hydrogen (secondary N) is 1. The van der Waals surface area contributed by atoms with Gasteiger partial charge >= 0.3 is 0 Å². The molecule has 0 saturated heterocycles. The van der Waals surface area contributed by atoms with E-state index in [1.54, 1.807) is 17.3 Å². The van der Waals surface area contributed by atoms with E-state index in [1.807, 2.05) is 20.1 Å². The molecule has 0 aromatic carbocycles. The van der Waals surface area contributed by atoms with Gasteiger partial charge in [-0.1, -0.05) is 0 Å². The molecule has 0 bridgehead atoms. The van der Waals surface area contributed by atoms with Gasteiger partial charge in [0.25, 0.3) is 5.91 Å².